The average molecular weight is 419 g/mol. The third-order valence-electron chi connectivity index (χ3n) is 5.21. The number of carbonyl (C=O) groups is 1. The number of sulfonamides is 1. The lowest BCUT2D eigenvalue weighted by Crippen LogP contribution is -2.37. The minimum Gasteiger partial charge on any atom is -0.497 e. The van der Waals surface area contributed by atoms with Crippen molar-refractivity contribution in [2.24, 2.45) is 0 Å². The summed E-state index contributed by atoms with van der Waals surface area (Å²) in [5.74, 6) is 0.811. The van der Waals surface area contributed by atoms with Crippen molar-refractivity contribution >= 4 is 15.9 Å². The van der Waals surface area contributed by atoms with Gasteiger partial charge in [-0.05, 0) is 62.2 Å². The molecule has 1 amide bonds. The number of hydrogen-bond acceptors (Lipinski definition) is 5. The first kappa shape index (κ1) is 21.1. The first-order valence-electron chi connectivity index (χ1n) is 9.45. The van der Waals surface area contributed by atoms with E-state index in [-0.39, 0.29) is 22.6 Å². The third-order valence-corrected chi connectivity index (χ3v) is 6.65. The number of nitrogens with one attached hydrogen (secondary N) is 1. The van der Waals surface area contributed by atoms with Crippen LogP contribution in [0.5, 0.6) is 11.5 Å². The molecular weight excluding hydrogens is 392 g/mol. The molecule has 1 heterocycles. The number of likely N-dealkylation sites (tertiary alicyclic amines) is 1. The Morgan fingerprint density at radius 2 is 1.97 bits per heavy atom. The van der Waals surface area contributed by atoms with E-state index in [1.807, 2.05) is 29.2 Å². The molecule has 1 atom stereocenters. The maximum Gasteiger partial charge on any atom is 0.254 e. The summed E-state index contributed by atoms with van der Waals surface area (Å²) in [5, 5.41) is 0. The second-order valence-corrected chi connectivity index (χ2v) is 8.78. The number of nitrogens with zero attached hydrogens (tertiary/aromatic N) is 1. The maximum absolute atomic E-state index is 13.2. The smallest absolute Gasteiger partial charge is 0.254 e. The van der Waals surface area contributed by atoms with Crippen LogP contribution in [0.25, 0.3) is 0 Å². The van der Waals surface area contributed by atoms with Crippen molar-refractivity contribution in [1.29, 1.82) is 0 Å². The quantitative estimate of drug-likeness (QED) is 0.747. The predicted octanol–water partition coefficient (Wildman–Crippen LogP) is 2.46. The van der Waals surface area contributed by atoms with E-state index in [4.69, 9.17) is 9.47 Å². The van der Waals surface area contributed by atoms with Gasteiger partial charge in [0.1, 0.15) is 16.4 Å². The molecule has 156 valence electrons. The van der Waals surface area contributed by atoms with Gasteiger partial charge in [-0.3, -0.25) is 4.79 Å². The maximum atomic E-state index is 13.2. The Kier molecular flexibility index (Phi) is 6.44. The summed E-state index contributed by atoms with van der Waals surface area (Å²) in [5.41, 5.74) is 1.43. The molecule has 2 aromatic carbocycles. The van der Waals surface area contributed by atoms with E-state index in [0.29, 0.717) is 12.1 Å². The summed E-state index contributed by atoms with van der Waals surface area (Å²) in [4.78, 5) is 15.0. The molecule has 1 unspecified atom stereocenters. The van der Waals surface area contributed by atoms with Crippen LogP contribution in [0.3, 0.4) is 0 Å². The van der Waals surface area contributed by atoms with Crippen LogP contribution in [0, 0.1) is 0 Å². The number of carbonyl (C=O) groups excluding carboxylic acids is 1. The molecule has 0 aromatic heterocycles. The highest BCUT2D eigenvalue weighted by Gasteiger charge is 2.30. The van der Waals surface area contributed by atoms with Gasteiger partial charge in [-0.15, -0.1) is 0 Å². The standard InChI is InChI=1S/C21H26N2O5S/c1-22-29(25,26)20-14-16(9-10-19(20)28-3)21(24)23-11-5-7-17(23)12-15-6-4-8-18(13-15)27-2/h4,6,8-10,13-14,17,22H,5,7,11-12H2,1-3H3. The Hall–Kier alpha value is -2.58. The van der Waals surface area contributed by atoms with Crippen molar-refractivity contribution < 1.29 is 22.7 Å². The fraction of sp³-hybridized carbons (Fsp3) is 0.381. The molecule has 7 nitrogen and oxygen atoms in total. The first-order valence-corrected chi connectivity index (χ1v) is 10.9. The predicted molar refractivity (Wildman–Crippen MR) is 110 cm³/mol. The molecular formula is C21H26N2O5S. The number of amides is 1. The van der Waals surface area contributed by atoms with Crippen LogP contribution in [0.1, 0.15) is 28.8 Å². The van der Waals surface area contributed by atoms with Gasteiger partial charge >= 0.3 is 0 Å². The van der Waals surface area contributed by atoms with Crippen molar-refractivity contribution in [3.63, 3.8) is 0 Å². The van der Waals surface area contributed by atoms with Crippen LogP contribution in [-0.2, 0) is 16.4 Å². The number of rotatable bonds is 7. The molecule has 3 rings (SSSR count). The first-order chi connectivity index (χ1) is 13.9. The third kappa shape index (κ3) is 4.54. The van der Waals surface area contributed by atoms with Gasteiger partial charge in [-0.1, -0.05) is 12.1 Å². The fourth-order valence-corrected chi connectivity index (χ4v) is 4.60. The molecule has 1 aliphatic heterocycles. The molecule has 0 aliphatic carbocycles. The van der Waals surface area contributed by atoms with Gasteiger partial charge in [0.15, 0.2) is 0 Å². The van der Waals surface area contributed by atoms with Gasteiger partial charge in [0.05, 0.1) is 14.2 Å². The van der Waals surface area contributed by atoms with Crippen LogP contribution >= 0.6 is 0 Å². The zero-order chi connectivity index (χ0) is 21.0. The van der Waals surface area contributed by atoms with E-state index in [9.17, 15) is 13.2 Å². The fourth-order valence-electron chi connectivity index (χ4n) is 3.68. The Balaban J connectivity index is 1.86. The molecule has 1 aliphatic rings. The van der Waals surface area contributed by atoms with Crippen molar-refractivity contribution in [1.82, 2.24) is 9.62 Å². The molecule has 8 heteroatoms. The lowest BCUT2D eigenvalue weighted by atomic mass is 10.0. The van der Waals surface area contributed by atoms with Gasteiger partial charge < -0.3 is 14.4 Å². The van der Waals surface area contributed by atoms with E-state index >= 15 is 0 Å². The molecule has 1 N–H and O–H groups in total. The Bertz CT molecular complexity index is 990. The monoisotopic (exact) mass is 418 g/mol. The highest BCUT2D eigenvalue weighted by Crippen LogP contribution is 2.28. The second-order valence-electron chi connectivity index (χ2n) is 6.92. The van der Waals surface area contributed by atoms with Crippen molar-refractivity contribution in [2.75, 3.05) is 27.8 Å². The van der Waals surface area contributed by atoms with Crippen LogP contribution in [0.15, 0.2) is 47.4 Å². The van der Waals surface area contributed by atoms with Crippen molar-refractivity contribution in [2.45, 2.75) is 30.2 Å². The summed E-state index contributed by atoms with van der Waals surface area (Å²) in [6, 6.07) is 12.4. The van der Waals surface area contributed by atoms with Crippen LogP contribution in [0.2, 0.25) is 0 Å². The summed E-state index contributed by atoms with van der Waals surface area (Å²) in [6.07, 6.45) is 2.54. The number of methoxy groups -OCH3 is 2. The molecule has 1 saturated heterocycles. The Morgan fingerprint density at radius 1 is 1.17 bits per heavy atom. The van der Waals surface area contributed by atoms with Crippen LogP contribution < -0.4 is 14.2 Å². The van der Waals surface area contributed by atoms with Crippen LogP contribution in [0.4, 0.5) is 0 Å². The van der Waals surface area contributed by atoms with Gasteiger partial charge in [-0.2, -0.15) is 0 Å². The molecule has 29 heavy (non-hydrogen) atoms. The summed E-state index contributed by atoms with van der Waals surface area (Å²) in [7, 11) is 0.606. The normalized spacial score (nSPS) is 16.7. The number of hydrogen-bond donors (Lipinski definition) is 1. The number of benzene rings is 2. The summed E-state index contributed by atoms with van der Waals surface area (Å²) in [6.45, 7) is 0.646. The van der Waals surface area contributed by atoms with E-state index in [0.717, 1.165) is 30.6 Å². The molecule has 0 bridgehead atoms. The summed E-state index contributed by atoms with van der Waals surface area (Å²) < 4.78 is 37.4. The topological polar surface area (TPSA) is 84.9 Å². The van der Waals surface area contributed by atoms with Crippen LogP contribution in [-0.4, -0.2) is 53.1 Å². The number of ether oxygens (including phenoxy) is 2. The Labute approximate surface area is 171 Å². The zero-order valence-electron chi connectivity index (χ0n) is 16.8. The zero-order valence-corrected chi connectivity index (χ0v) is 17.7. The molecule has 1 fully saturated rings. The highest BCUT2D eigenvalue weighted by atomic mass is 32.2. The average Bonchev–Trinajstić information content (AvgIpc) is 3.20. The van der Waals surface area contributed by atoms with Crippen molar-refractivity contribution in [3.8, 4) is 11.5 Å². The molecule has 0 spiro atoms. The molecule has 0 saturated carbocycles. The minimum absolute atomic E-state index is 0.0445. The van der Waals surface area contributed by atoms with Gasteiger partial charge in [0, 0.05) is 18.2 Å². The van der Waals surface area contributed by atoms with Gasteiger partial charge in [-0.25, -0.2) is 13.1 Å². The molecule has 0 radical (unpaired) electrons. The van der Waals surface area contributed by atoms with E-state index in [1.165, 1.54) is 26.3 Å². The van der Waals surface area contributed by atoms with Gasteiger partial charge in [0.25, 0.3) is 5.91 Å². The second kappa shape index (κ2) is 8.84. The van der Waals surface area contributed by atoms with E-state index in [1.54, 1.807) is 13.2 Å². The van der Waals surface area contributed by atoms with Gasteiger partial charge in [0.2, 0.25) is 10.0 Å². The summed E-state index contributed by atoms with van der Waals surface area (Å²) >= 11 is 0. The largest absolute Gasteiger partial charge is 0.497 e. The molecule has 2 aromatic rings. The Morgan fingerprint density at radius 3 is 2.66 bits per heavy atom. The SMILES string of the molecule is CNS(=O)(=O)c1cc(C(=O)N2CCCC2Cc2cccc(OC)c2)ccc1OC. The highest BCUT2D eigenvalue weighted by molar-refractivity contribution is 7.89. The van der Waals surface area contributed by atoms with E-state index in [2.05, 4.69) is 4.72 Å². The lowest BCUT2D eigenvalue weighted by Gasteiger charge is -2.25. The van der Waals surface area contributed by atoms with E-state index < -0.39 is 10.0 Å². The lowest BCUT2D eigenvalue weighted by molar-refractivity contribution is 0.0736. The minimum atomic E-state index is -3.75. The van der Waals surface area contributed by atoms with Crippen molar-refractivity contribution in [3.05, 3.63) is 53.6 Å².